The Kier molecular flexibility index (Phi) is 7.96. The number of carboxylic acid groups (broad SMARTS) is 1. The fraction of sp³-hybridized carbons (Fsp3) is 0.471. The Labute approximate surface area is 270 Å². The standard InChI is InChI=1S/C34H37ClN4O5S/c1-19-14-24(31-30(36-19)26(17-45-31)33(41)42)23-15-21(35)4-7-28(23)44-13-12-39-20(2)37-27-6-5-22(16-25(27)32(39)40)38-11-8-29(43-3)34(18-38)9-10-34/h4,7,14-15,17,22,29H,5-6,8-13,16,18H2,1-3H3,(H,41,42)/t22-,29+/m1/s1. The summed E-state index contributed by atoms with van der Waals surface area (Å²) in [6, 6.07) is 7.68. The molecule has 236 valence electrons. The first-order chi connectivity index (χ1) is 21.7. The number of thiophene rings is 1. The minimum Gasteiger partial charge on any atom is -0.491 e. The molecular weight excluding hydrogens is 612 g/mol. The molecule has 0 amide bonds. The van der Waals surface area contributed by atoms with E-state index < -0.39 is 5.97 Å². The van der Waals surface area contributed by atoms with Crippen LogP contribution in [0.3, 0.4) is 0 Å². The van der Waals surface area contributed by atoms with E-state index in [1.165, 1.54) is 24.2 Å². The fourth-order valence-electron chi connectivity index (χ4n) is 7.45. The monoisotopic (exact) mass is 648 g/mol. The van der Waals surface area contributed by atoms with Gasteiger partial charge in [0.25, 0.3) is 5.56 Å². The highest BCUT2D eigenvalue weighted by molar-refractivity contribution is 7.18. The van der Waals surface area contributed by atoms with E-state index in [1.54, 1.807) is 16.0 Å². The molecule has 3 aromatic heterocycles. The summed E-state index contributed by atoms with van der Waals surface area (Å²) >= 11 is 7.76. The number of ether oxygens (including phenoxy) is 2. The van der Waals surface area contributed by atoms with E-state index in [1.807, 2.05) is 39.2 Å². The van der Waals surface area contributed by atoms with Gasteiger partial charge in [-0.05, 0) is 76.6 Å². The smallest absolute Gasteiger partial charge is 0.338 e. The number of aromatic nitrogens is 3. The Morgan fingerprint density at radius 2 is 2.00 bits per heavy atom. The van der Waals surface area contributed by atoms with Crippen molar-refractivity contribution in [2.24, 2.45) is 5.41 Å². The highest BCUT2D eigenvalue weighted by atomic mass is 35.5. The molecule has 45 heavy (non-hydrogen) atoms. The van der Waals surface area contributed by atoms with Crippen LogP contribution in [0.25, 0.3) is 21.3 Å². The molecule has 1 saturated carbocycles. The topological polar surface area (TPSA) is 107 Å². The second-order valence-electron chi connectivity index (χ2n) is 12.7. The Bertz CT molecular complexity index is 1870. The van der Waals surface area contributed by atoms with Gasteiger partial charge in [0.05, 0.1) is 34.1 Å². The molecule has 2 fully saturated rings. The van der Waals surface area contributed by atoms with Gasteiger partial charge in [-0.15, -0.1) is 11.3 Å². The van der Waals surface area contributed by atoms with Gasteiger partial charge in [0.15, 0.2) is 0 Å². The number of aromatic carboxylic acids is 1. The van der Waals surface area contributed by atoms with Crippen molar-refractivity contribution in [3.8, 4) is 16.9 Å². The number of methoxy groups -OCH3 is 1. The third kappa shape index (κ3) is 5.56. The summed E-state index contributed by atoms with van der Waals surface area (Å²) in [4.78, 5) is 37.7. The molecule has 7 rings (SSSR count). The number of hydrogen-bond acceptors (Lipinski definition) is 8. The maximum absolute atomic E-state index is 13.9. The Morgan fingerprint density at radius 3 is 2.76 bits per heavy atom. The molecule has 0 unspecified atom stereocenters. The Morgan fingerprint density at radius 1 is 1.18 bits per heavy atom. The number of carbonyl (C=O) groups is 1. The first-order valence-electron chi connectivity index (χ1n) is 15.6. The van der Waals surface area contributed by atoms with E-state index in [2.05, 4.69) is 9.88 Å². The normalized spacial score (nSPS) is 20.8. The highest BCUT2D eigenvalue weighted by Gasteiger charge is 2.53. The van der Waals surface area contributed by atoms with Crippen LogP contribution in [0.2, 0.25) is 5.02 Å². The molecule has 1 aromatic carbocycles. The predicted octanol–water partition coefficient (Wildman–Crippen LogP) is 5.93. The highest BCUT2D eigenvalue weighted by Crippen LogP contribution is 2.53. The number of likely N-dealkylation sites (tertiary alicyclic amines) is 1. The van der Waals surface area contributed by atoms with E-state index >= 15 is 0 Å². The van der Waals surface area contributed by atoms with E-state index in [4.69, 9.17) is 26.1 Å². The molecule has 0 radical (unpaired) electrons. The first-order valence-corrected chi connectivity index (χ1v) is 16.8. The molecule has 1 aliphatic heterocycles. The number of halogens is 1. The molecule has 11 heteroatoms. The zero-order chi connectivity index (χ0) is 31.5. The molecule has 1 spiro atoms. The summed E-state index contributed by atoms with van der Waals surface area (Å²) in [5.41, 5.74) is 4.98. The lowest BCUT2D eigenvalue weighted by Crippen LogP contribution is -2.51. The zero-order valence-corrected chi connectivity index (χ0v) is 27.3. The van der Waals surface area contributed by atoms with Crippen LogP contribution in [0.1, 0.15) is 58.8 Å². The van der Waals surface area contributed by atoms with Crippen molar-refractivity contribution in [1.29, 1.82) is 0 Å². The van der Waals surface area contributed by atoms with E-state index in [9.17, 15) is 14.7 Å². The van der Waals surface area contributed by atoms with Crippen LogP contribution < -0.4 is 10.3 Å². The van der Waals surface area contributed by atoms with Gasteiger partial charge < -0.3 is 14.6 Å². The van der Waals surface area contributed by atoms with Crippen molar-refractivity contribution >= 4 is 39.1 Å². The van der Waals surface area contributed by atoms with E-state index in [-0.39, 0.29) is 17.7 Å². The van der Waals surface area contributed by atoms with Gasteiger partial charge in [0.1, 0.15) is 18.2 Å². The van der Waals surface area contributed by atoms with Gasteiger partial charge in [0.2, 0.25) is 0 Å². The number of hydrogen-bond donors (Lipinski definition) is 1. The molecule has 0 bridgehead atoms. The maximum Gasteiger partial charge on any atom is 0.338 e. The number of benzene rings is 1. The number of rotatable bonds is 8. The molecule has 2 aliphatic carbocycles. The second kappa shape index (κ2) is 11.8. The van der Waals surface area contributed by atoms with Crippen LogP contribution in [-0.4, -0.2) is 69.5 Å². The molecule has 9 nitrogen and oxygen atoms in total. The number of nitrogens with zero attached hydrogens (tertiary/aromatic N) is 4. The van der Waals surface area contributed by atoms with E-state index in [0.29, 0.717) is 51.9 Å². The Hall–Kier alpha value is -3.31. The van der Waals surface area contributed by atoms with Crippen LogP contribution in [0.5, 0.6) is 5.75 Å². The number of carboxylic acids is 1. The Balaban J connectivity index is 1.11. The average Bonchev–Trinajstić information content (AvgIpc) is 3.64. The van der Waals surface area contributed by atoms with Gasteiger partial charge in [-0.25, -0.2) is 9.78 Å². The zero-order valence-electron chi connectivity index (χ0n) is 25.8. The van der Waals surface area contributed by atoms with Gasteiger partial charge in [0, 0.05) is 64.4 Å². The fourth-order valence-corrected chi connectivity index (χ4v) is 8.64. The number of fused-ring (bicyclic) bond motifs is 2. The van der Waals surface area contributed by atoms with Gasteiger partial charge >= 0.3 is 5.97 Å². The number of pyridine rings is 1. The van der Waals surface area contributed by atoms with Crippen molar-refractivity contribution in [2.45, 2.75) is 71.1 Å². The third-order valence-electron chi connectivity index (χ3n) is 9.95. The largest absolute Gasteiger partial charge is 0.491 e. The summed E-state index contributed by atoms with van der Waals surface area (Å²) in [5, 5.41) is 11.8. The summed E-state index contributed by atoms with van der Waals surface area (Å²) < 4.78 is 14.6. The van der Waals surface area contributed by atoms with Crippen LogP contribution in [-0.2, 0) is 24.1 Å². The second-order valence-corrected chi connectivity index (χ2v) is 14.0. The molecule has 4 aromatic rings. The van der Waals surface area contributed by atoms with Crippen molar-refractivity contribution in [3.63, 3.8) is 0 Å². The minimum atomic E-state index is -1.01. The van der Waals surface area contributed by atoms with Crippen molar-refractivity contribution in [3.05, 3.63) is 73.4 Å². The first kappa shape index (κ1) is 30.3. The van der Waals surface area contributed by atoms with Crippen LogP contribution in [0.15, 0.2) is 34.4 Å². The van der Waals surface area contributed by atoms with Gasteiger partial charge in [-0.2, -0.15) is 0 Å². The summed E-state index contributed by atoms with van der Waals surface area (Å²) in [6.45, 7) is 6.41. The van der Waals surface area contributed by atoms with Gasteiger partial charge in [-0.3, -0.25) is 19.2 Å². The van der Waals surface area contributed by atoms with Crippen LogP contribution in [0.4, 0.5) is 0 Å². The van der Waals surface area contributed by atoms with Crippen molar-refractivity contribution in [2.75, 3.05) is 26.8 Å². The van der Waals surface area contributed by atoms with E-state index in [0.717, 1.165) is 65.9 Å². The number of aryl methyl sites for hydroxylation is 3. The summed E-state index contributed by atoms with van der Waals surface area (Å²) in [6.07, 6.45) is 6.46. The summed E-state index contributed by atoms with van der Waals surface area (Å²) in [5.74, 6) is 0.282. The lowest BCUT2D eigenvalue weighted by Gasteiger charge is -2.43. The van der Waals surface area contributed by atoms with Crippen LogP contribution >= 0.6 is 22.9 Å². The molecule has 2 atom stereocenters. The molecule has 4 heterocycles. The van der Waals surface area contributed by atoms with Gasteiger partial charge in [-0.1, -0.05) is 11.6 Å². The number of piperidine rings is 1. The maximum atomic E-state index is 13.9. The van der Waals surface area contributed by atoms with Crippen LogP contribution in [0, 0.1) is 19.3 Å². The minimum absolute atomic E-state index is 0.0290. The molecule has 1 saturated heterocycles. The molecular formula is C34H37ClN4O5S. The average molecular weight is 649 g/mol. The predicted molar refractivity (Wildman–Crippen MR) is 175 cm³/mol. The quantitative estimate of drug-likeness (QED) is 0.251. The third-order valence-corrected chi connectivity index (χ3v) is 11.2. The molecule has 1 N–H and O–H groups in total. The summed E-state index contributed by atoms with van der Waals surface area (Å²) in [7, 11) is 1.84. The SMILES string of the molecule is CO[C@H]1CCN([C@@H]2CCc3nc(C)n(CCOc4ccc(Cl)cc4-c4cc(C)nc5c(C(=O)O)csc45)c(=O)c3C2)CC12CC2. The molecule has 3 aliphatic rings. The lowest BCUT2D eigenvalue weighted by molar-refractivity contribution is -0.0329. The van der Waals surface area contributed by atoms with Crippen molar-refractivity contribution < 1.29 is 19.4 Å². The lowest BCUT2D eigenvalue weighted by atomic mass is 9.86. The van der Waals surface area contributed by atoms with Crippen molar-refractivity contribution in [1.82, 2.24) is 19.4 Å².